The summed E-state index contributed by atoms with van der Waals surface area (Å²) in [6, 6.07) is 0. The van der Waals surface area contributed by atoms with Crippen molar-refractivity contribution >= 4 is 10.0 Å². The van der Waals surface area contributed by atoms with E-state index < -0.39 is 10.0 Å². The first-order valence-corrected chi connectivity index (χ1v) is 7.73. The van der Waals surface area contributed by atoms with Crippen LogP contribution in [0.4, 0.5) is 0 Å². The van der Waals surface area contributed by atoms with E-state index >= 15 is 0 Å². The van der Waals surface area contributed by atoms with E-state index in [1.54, 1.807) is 7.05 Å². The summed E-state index contributed by atoms with van der Waals surface area (Å²) in [5, 5.41) is 8.33. The number of sulfonamides is 1. The van der Waals surface area contributed by atoms with Crippen LogP contribution in [-0.2, 0) is 14.8 Å². The van der Waals surface area contributed by atoms with Crippen LogP contribution in [0.3, 0.4) is 0 Å². The number of rotatable bonds is 7. The van der Waals surface area contributed by atoms with Crippen molar-refractivity contribution in [3.8, 4) is 0 Å². The normalized spacial score (nSPS) is 18.8. The third-order valence-corrected chi connectivity index (χ3v) is 5.56. The SMILES string of the molecule is CN(CCOCCO)S(=O)(=O)C1CCCCC1. The second-order valence-corrected chi connectivity index (χ2v) is 6.78. The fourth-order valence-corrected chi connectivity index (χ4v) is 3.87. The molecular weight excluding hydrogens is 242 g/mol. The predicted octanol–water partition coefficient (Wildman–Crippen LogP) is 0.590. The molecule has 0 spiro atoms. The van der Waals surface area contributed by atoms with Gasteiger partial charge in [0.1, 0.15) is 0 Å². The molecule has 1 aliphatic carbocycles. The first-order valence-electron chi connectivity index (χ1n) is 6.23. The minimum absolute atomic E-state index is 0.0287. The maximum atomic E-state index is 12.2. The maximum absolute atomic E-state index is 12.2. The summed E-state index contributed by atoms with van der Waals surface area (Å²) in [5.41, 5.74) is 0. The molecule has 1 rings (SSSR count). The molecule has 6 heteroatoms. The zero-order valence-electron chi connectivity index (χ0n) is 10.5. The Labute approximate surface area is 104 Å². The Kier molecular flexibility index (Phi) is 6.40. The van der Waals surface area contributed by atoms with Gasteiger partial charge in [0.05, 0.1) is 25.1 Å². The molecule has 0 unspecified atom stereocenters. The smallest absolute Gasteiger partial charge is 0.216 e. The van der Waals surface area contributed by atoms with Gasteiger partial charge in [-0.25, -0.2) is 12.7 Å². The highest BCUT2D eigenvalue weighted by Crippen LogP contribution is 2.25. The predicted molar refractivity (Wildman–Crippen MR) is 66.3 cm³/mol. The van der Waals surface area contributed by atoms with Gasteiger partial charge in [-0.3, -0.25) is 0 Å². The summed E-state index contributed by atoms with van der Waals surface area (Å²) in [6.45, 7) is 0.929. The van der Waals surface area contributed by atoms with Crippen LogP contribution in [0.1, 0.15) is 32.1 Å². The summed E-state index contributed by atoms with van der Waals surface area (Å²) in [4.78, 5) is 0. The van der Waals surface area contributed by atoms with Gasteiger partial charge in [-0.1, -0.05) is 19.3 Å². The van der Waals surface area contributed by atoms with E-state index in [1.807, 2.05) is 0 Å². The molecule has 1 saturated carbocycles. The Morgan fingerprint density at radius 1 is 1.24 bits per heavy atom. The van der Waals surface area contributed by atoms with Crippen molar-refractivity contribution in [1.29, 1.82) is 0 Å². The van der Waals surface area contributed by atoms with Crippen molar-refractivity contribution in [2.75, 3.05) is 33.4 Å². The highest BCUT2D eigenvalue weighted by Gasteiger charge is 2.30. The first-order chi connectivity index (χ1) is 8.09. The standard InChI is InChI=1S/C11H23NO4S/c1-12(7-9-16-10-8-13)17(14,15)11-5-3-2-4-6-11/h11,13H,2-10H2,1H3. The van der Waals surface area contributed by atoms with Crippen molar-refractivity contribution in [3.63, 3.8) is 0 Å². The second kappa shape index (κ2) is 7.31. The molecule has 0 aromatic carbocycles. The van der Waals surface area contributed by atoms with Gasteiger partial charge in [-0.2, -0.15) is 0 Å². The highest BCUT2D eigenvalue weighted by atomic mass is 32.2. The molecular formula is C11H23NO4S. The molecule has 0 aliphatic heterocycles. The fourth-order valence-electron chi connectivity index (χ4n) is 2.10. The molecule has 5 nitrogen and oxygen atoms in total. The van der Waals surface area contributed by atoms with Crippen LogP contribution >= 0.6 is 0 Å². The average molecular weight is 265 g/mol. The summed E-state index contributed by atoms with van der Waals surface area (Å²) in [6.07, 6.45) is 4.74. The van der Waals surface area contributed by atoms with Gasteiger partial charge in [-0.05, 0) is 12.8 Å². The van der Waals surface area contributed by atoms with Gasteiger partial charge in [0, 0.05) is 13.6 Å². The third kappa shape index (κ3) is 4.54. The van der Waals surface area contributed by atoms with E-state index in [0.717, 1.165) is 32.1 Å². The van der Waals surface area contributed by atoms with Crippen molar-refractivity contribution in [2.24, 2.45) is 0 Å². The lowest BCUT2D eigenvalue weighted by molar-refractivity contribution is 0.0875. The van der Waals surface area contributed by atoms with Crippen molar-refractivity contribution < 1.29 is 18.3 Å². The Morgan fingerprint density at radius 3 is 2.47 bits per heavy atom. The van der Waals surface area contributed by atoms with E-state index in [4.69, 9.17) is 9.84 Å². The van der Waals surface area contributed by atoms with E-state index in [2.05, 4.69) is 0 Å². The molecule has 0 bridgehead atoms. The highest BCUT2D eigenvalue weighted by molar-refractivity contribution is 7.89. The van der Waals surface area contributed by atoms with Gasteiger partial charge in [-0.15, -0.1) is 0 Å². The number of hydrogen-bond acceptors (Lipinski definition) is 4. The molecule has 0 radical (unpaired) electrons. The molecule has 1 fully saturated rings. The van der Waals surface area contributed by atoms with Crippen LogP contribution < -0.4 is 0 Å². The Morgan fingerprint density at radius 2 is 1.88 bits per heavy atom. The molecule has 0 aromatic heterocycles. The third-order valence-electron chi connectivity index (χ3n) is 3.19. The fraction of sp³-hybridized carbons (Fsp3) is 1.00. The molecule has 0 heterocycles. The van der Waals surface area contributed by atoms with Gasteiger partial charge in [0.15, 0.2) is 0 Å². The molecule has 1 N–H and O–H groups in total. The quantitative estimate of drug-likeness (QED) is 0.684. The van der Waals surface area contributed by atoms with Gasteiger partial charge in [0.25, 0.3) is 0 Å². The number of hydrogen-bond donors (Lipinski definition) is 1. The monoisotopic (exact) mass is 265 g/mol. The summed E-state index contributed by atoms with van der Waals surface area (Å²) < 4.78 is 30.8. The van der Waals surface area contributed by atoms with Crippen LogP contribution in [-0.4, -0.2) is 56.5 Å². The zero-order chi connectivity index (χ0) is 12.7. The molecule has 17 heavy (non-hydrogen) atoms. The van der Waals surface area contributed by atoms with Gasteiger partial charge < -0.3 is 9.84 Å². The van der Waals surface area contributed by atoms with Crippen LogP contribution in [0.2, 0.25) is 0 Å². The average Bonchev–Trinajstić information content (AvgIpc) is 2.35. The van der Waals surface area contributed by atoms with Gasteiger partial charge >= 0.3 is 0 Å². The Bertz CT molecular complexity index is 299. The number of aliphatic hydroxyl groups excluding tert-OH is 1. The molecule has 102 valence electrons. The minimum atomic E-state index is -3.16. The van der Waals surface area contributed by atoms with E-state index in [9.17, 15) is 8.42 Å². The first kappa shape index (κ1) is 14.9. The van der Waals surface area contributed by atoms with Crippen LogP contribution in [0.15, 0.2) is 0 Å². The minimum Gasteiger partial charge on any atom is -0.394 e. The van der Waals surface area contributed by atoms with Crippen molar-refractivity contribution in [2.45, 2.75) is 37.4 Å². The van der Waals surface area contributed by atoms with Crippen molar-refractivity contribution in [1.82, 2.24) is 4.31 Å². The van der Waals surface area contributed by atoms with Crippen LogP contribution in [0.25, 0.3) is 0 Å². The lowest BCUT2D eigenvalue weighted by Crippen LogP contribution is -2.39. The lowest BCUT2D eigenvalue weighted by Gasteiger charge is -2.27. The second-order valence-electron chi connectivity index (χ2n) is 4.46. The number of aliphatic hydroxyl groups is 1. The number of nitrogens with zero attached hydrogens (tertiary/aromatic N) is 1. The maximum Gasteiger partial charge on any atom is 0.216 e. The molecule has 1 aliphatic rings. The number of ether oxygens (including phenoxy) is 1. The summed E-state index contributed by atoms with van der Waals surface area (Å²) >= 11 is 0. The largest absolute Gasteiger partial charge is 0.394 e. The van der Waals surface area contributed by atoms with E-state index in [1.165, 1.54) is 4.31 Å². The molecule has 0 aromatic rings. The Balaban J connectivity index is 2.39. The molecule has 0 saturated heterocycles. The van der Waals surface area contributed by atoms with Crippen LogP contribution in [0, 0.1) is 0 Å². The topological polar surface area (TPSA) is 66.8 Å². The van der Waals surface area contributed by atoms with Crippen molar-refractivity contribution in [3.05, 3.63) is 0 Å². The molecule has 0 amide bonds. The molecule has 0 atom stereocenters. The number of likely N-dealkylation sites (N-methyl/N-ethyl adjacent to an activating group) is 1. The summed E-state index contributed by atoms with van der Waals surface area (Å²) in [7, 11) is -1.55. The Hall–Kier alpha value is -0.170. The lowest BCUT2D eigenvalue weighted by atomic mass is 10.0. The summed E-state index contributed by atoms with van der Waals surface area (Å²) in [5.74, 6) is 0. The van der Waals surface area contributed by atoms with E-state index in [-0.39, 0.29) is 18.5 Å². The van der Waals surface area contributed by atoms with Gasteiger partial charge in [0.2, 0.25) is 10.0 Å². The van der Waals surface area contributed by atoms with E-state index in [0.29, 0.717) is 13.2 Å². The van der Waals surface area contributed by atoms with Crippen LogP contribution in [0.5, 0.6) is 0 Å². The zero-order valence-corrected chi connectivity index (χ0v) is 11.3.